The number of hydrogen-bond acceptors (Lipinski definition) is 8. The van der Waals surface area contributed by atoms with Gasteiger partial charge in [-0.1, -0.05) is 6.92 Å². The maximum absolute atomic E-state index is 12.4. The molecule has 156 valence electrons. The van der Waals surface area contributed by atoms with Gasteiger partial charge in [0.1, 0.15) is 5.70 Å². The van der Waals surface area contributed by atoms with Crippen LogP contribution < -0.4 is 5.73 Å². The van der Waals surface area contributed by atoms with E-state index in [2.05, 4.69) is 14.9 Å². The van der Waals surface area contributed by atoms with Crippen LogP contribution in [-0.4, -0.2) is 72.3 Å². The summed E-state index contributed by atoms with van der Waals surface area (Å²) in [5, 5.41) is 19.9. The summed E-state index contributed by atoms with van der Waals surface area (Å²) in [5.74, 6) is -1.73. The van der Waals surface area contributed by atoms with Crippen molar-refractivity contribution in [2.24, 2.45) is 11.8 Å². The number of carbonyl (C=O) groups is 2. The van der Waals surface area contributed by atoms with Gasteiger partial charge >= 0.3 is 5.97 Å². The number of carboxylic acid groups (broad SMARTS) is 1. The van der Waals surface area contributed by atoms with Gasteiger partial charge in [-0.25, -0.2) is 14.8 Å². The van der Waals surface area contributed by atoms with E-state index in [9.17, 15) is 19.8 Å². The topological polar surface area (TPSA) is 133 Å². The molecule has 4 rings (SSSR count). The molecule has 0 bridgehead atoms. The second-order valence-electron chi connectivity index (χ2n) is 7.99. The fraction of sp³-hybridized carbons (Fsp3) is 0.579. The van der Waals surface area contributed by atoms with Crippen molar-refractivity contribution < 1.29 is 19.8 Å². The van der Waals surface area contributed by atoms with Gasteiger partial charge in [-0.2, -0.15) is 0 Å². The van der Waals surface area contributed by atoms with Crippen molar-refractivity contribution in [3.63, 3.8) is 0 Å². The molecule has 0 spiro atoms. The lowest BCUT2D eigenvalue weighted by Crippen LogP contribution is -2.63. The quantitative estimate of drug-likeness (QED) is 0.564. The van der Waals surface area contributed by atoms with Gasteiger partial charge in [-0.05, 0) is 19.9 Å². The predicted molar refractivity (Wildman–Crippen MR) is 107 cm³/mol. The molecule has 0 radical (unpaired) electrons. The van der Waals surface area contributed by atoms with Crippen LogP contribution in [0.4, 0.5) is 5.95 Å². The number of aliphatic hydroxyl groups is 1. The van der Waals surface area contributed by atoms with Crippen LogP contribution in [0.5, 0.6) is 0 Å². The monoisotopic (exact) mass is 419 g/mol. The lowest BCUT2D eigenvalue weighted by atomic mass is 9.79. The van der Waals surface area contributed by atoms with E-state index in [1.54, 1.807) is 31.1 Å². The molecule has 3 aliphatic heterocycles. The predicted octanol–water partition coefficient (Wildman–Crippen LogP) is 0.520. The average molecular weight is 420 g/mol. The number of likely N-dealkylation sites (tertiary alicyclic amines) is 1. The number of aliphatic hydroxyl groups excluding tert-OH is 1. The van der Waals surface area contributed by atoms with Crippen LogP contribution in [0.3, 0.4) is 0 Å². The number of rotatable bonds is 6. The lowest BCUT2D eigenvalue weighted by molar-refractivity contribution is -0.163. The Morgan fingerprint density at radius 2 is 2.10 bits per heavy atom. The summed E-state index contributed by atoms with van der Waals surface area (Å²) in [6.45, 7) is 5.98. The number of β-lactam (4-membered cyclic amide) rings is 1. The van der Waals surface area contributed by atoms with Gasteiger partial charge in [0.15, 0.2) is 0 Å². The number of thioether (sulfide) groups is 1. The molecule has 9 nitrogen and oxygen atoms in total. The Bertz CT molecular complexity index is 859. The van der Waals surface area contributed by atoms with Crippen LogP contribution in [-0.2, 0) is 16.1 Å². The molecule has 2 fully saturated rings. The van der Waals surface area contributed by atoms with Crippen molar-refractivity contribution in [2.45, 2.75) is 44.2 Å². The molecular weight excluding hydrogens is 394 g/mol. The third kappa shape index (κ3) is 3.49. The Labute approximate surface area is 173 Å². The summed E-state index contributed by atoms with van der Waals surface area (Å²) in [4.78, 5) is 36.8. The van der Waals surface area contributed by atoms with Gasteiger partial charge in [0.25, 0.3) is 0 Å². The number of hydrogen-bond donors (Lipinski definition) is 3. The summed E-state index contributed by atoms with van der Waals surface area (Å²) in [5.41, 5.74) is 6.61. The number of nitrogens with two attached hydrogens (primary N) is 1. The van der Waals surface area contributed by atoms with E-state index in [0.29, 0.717) is 0 Å². The normalized spacial score (nSPS) is 30.4. The molecule has 5 atom stereocenters. The maximum Gasteiger partial charge on any atom is 0.353 e. The number of fused-ring (bicyclic) bond motifs is 1. The first-order valence-corrected chi connectivity index (χ1v) is 10.6. The molecule has 3 aliphatic rings. The van der Waals surface area contributed by atoms with Crippen LogP contribution in [0.15, 0.2) is 23.0 Å². The smallest absolute Gasteiger partial charge is 0.353 e. The zero-order chi connectivity index (χ0) is 20.9. The molecule has 0 saturated carbocycles. The van der Waals surface area contributed by atoms with Crippen LogP contribution >= 0.6 is 11.8 Å². The molecule has 1 amide bonds. The summed E-state index contributed by atoms with van der Waals surface area (Å²) >= 11 is 1.57. The molecule has 4 N–H and O–H groups in total. The summed E-state index contributed by atoms with van der Waals surface area (Å²) in [6.07, 6.45) is 3.59. The number of nitrogens with zero attached hydrogens (tertiary/aromatic N) is 4. The van der Waals surface area contributed by atoms with Crippen LogP contribution in [0, 0.1) is 11.8 Å². The third-order valence-corrected chi connectivity index (χ3v) is 7.50. The number of aliphatic carboxylic acids is 1. The van der Waals surface area contributed by atoms with Gasteiger partial charge in [0, 0.05) is 47.1 Å². The van der Waals surface area contributed by atoms with Crippen molar-refractivity contribution in [1.29, 1.82) is 0 Å². The Kier molecular flexibility index (Phi) is 5.26. The number of carbonyl (C=O) groups excluding carboxylic acids is 1. The first kappa shape index (κ1) is 20.1. The first-order chi connectivity index (χ1) is 13.8. The molecule has 0 aliphatic carbocycles. The van der Waals surface area contributed by atoms with Crippen molar-refractivity contribution in [1.82, 2.24) is 19.8 Å². The highest BCUT2D eigenvalue weighted by Gasteiger charge is 2.60. The maximum atomic E-state index is 12.4. The van der Waals surface area contributed by atoms with Gasteiger partial charge < -0.3 is 20.8 Å². The molecule has 10 heteroatoms. The van der Waals surface area contributed by atoms with Crippen LogP contribution in [0.1, 0.15) is 25.8 Å². The van der Waals surface area contributed by atoms with Crippen molar-refractivity contribution in [2.75, 3.05) is 18.8 Å². The second-order valence-corrected chi connectivity index (χ2v) is 9.33. The highest BCUT2D eigenvalue weighted by molar-refractivity contribution is 8.03. The molecule has 2 saturated heterocycles. The molecular formula is C19H25N5O4S. The minimum atomic E-state index is -1.08. The van der Waals surface area contributed by atoms with E-state index in [1.165, 1.54) is 4.90 Å². The molecule has 4 heterocycles. The van der Waals surface area contributed by atoms with Gasteiger partial charge in [-0.3, -0.25) is 9.69 Å². The van der Waals surface area contributed by atoms with Crippen LogP contribution in [0.2, 0.25) is 0 Å². The standard InChI is InChI=1S/C19H25N5O4S/c1-9-14-13(10(2)25)17(26)24(14)15(18(27)28)16(9)29-12-3-4-23(8-12)7-11-5-21-19(20)22-6-11/h5-6,9-10,12-14,25H,3-4,7-8H2,1-2H3,(H,27,28)(H2,20,21,22)/t9-,10?,12-,13-,14-/m1/s1. The Morgan fingerprint density at radius 1 is 1.41 bits per heavy atom. The molecule has 29 heavy (non-hydrogen) atoms. The summed E-state index contributed by atoms with van der Waals surface area (Å²) < 4.78 is 0. The van der Waals surface area contributed by atoms with Crippen molar-refractivity contribution >= 4 is 29.6 Å². The molecule has 1 unspecified atom stereocenters. The largest absolute Gasteiger partial charge is 0.477 e. The first-order valence-electron chi connectivity index (χ1n) is 9.72. The number of aromatic nitrogens is 2. The Balaban J connectivity index is 1.45. The van der Waals surface area contributed by atoms with E-state index in [1.807, 2.05) is 6.92 Å². The van der Waals surface area contributed by atoms with Crippen LogP contribution in [0.25, 0.3) is 0 Å². The second kappa shape index (κ2) is 7.58. The average Bonchev–Trinajstić information content (AvgIpc) is 3.18. The highest BCUT2D eigenvalue weighted by Crippen LogP contribution is 2.51. The molecule has 0 aromatic carbocycles. The fourth-order valence-electron chi connectivity index (χ4n) is 4.60. The number of carboxylic acids is 1. The lowest BCUT2D eigenvalue weighted by Gasteiger charge is -2.46. The van der Waals surface area contributed by atoms with E-state index in [-0.39, 0.29) is 34.8 Å². The van der Waals surface area contributed by atoms with Crippen molar-refractivity contribution in [3.8, 4) is 0 Å². The molecule has 1 aromatic heterocycles. The number of anilines is 1. The number of nitrogen functional groups attached to an aromatic ring is 1. The van der Waals surface area contributed by atoms with E-state index < -0.39 is 18.0 Å². The third-order valence-electron chi connectivity index (χ3n) is 5.97. The highest BCUT2D eigenvalue weighted by atomic mass is 32.2. The van der Waals surface area contributed by atoms with Gasteiger partial charge in [-0.15, -0.1) is 11.8 Å². The fourth-order valence-corrected chi connectivity index (χ4v) is 6.12. The number of amides is 1. The van der Waals surface area contributed by atoms with E-state index in [0.717, 1.165) is 36.5 Å². The van der Waals surface area contributed by atoms with E-state index >= 15 is 0 Å². The minimum absolute atomic E-state index is 0.0945. The Hall–Kier alpha value is -2.17. The zero-order valence-electron chi connectivity index (χ0n) is 16.4. The van der Waals surface area contributed by atoms with Gasteiger partial charge in [0.05, 0.1) is 18.1 Å². The SMILES string of the molecule is CC(O)[C@H]1C(=O)N2C(C(=O)O)=C(S[C@@H]3CCN(Cc4cnc(N)nc4)C3)[C@H](C)[C@H]12. The molecule has 1 aromatic rings. The van der Waals surface area contributed by atoms with Gasteiger partial charge in [0.2, 0.25) is 11.9 Å². The summed E-state index contributed by atoms with van der Waals surface area (Å²) in [6, 6.07) is -0.263. The van der Waals surface area contributed by atoms with Crippen molar-refractivity contribution in [3.05, 3.63) is 28.6 Å². The Morgan fingerprint density at radius 3 is 2.72 bits per heavy atom. The summed E-state index contributed by atoms with van der Waals surface area (Å²) in [7, 11) is 0. The minimum Gasteiger partial charge on any atom is -0.477 e. The zero-order valence-corrected chi connectivity index (χ0v) is 17.2. The van der Waals surface area contributed by atoms with E-state index in [4.69, 9.17) is 5.73 Å².